The van der Waals surface area contributed by atoms with Gasteiger partial charge in [0, 0.05) is 18.3 Å². The summed E-state index contributed by atoms with van der Waals surface area (Å²) in [6.07, 6.45) is 1.92. The molecule has 4 nitrogen and oxygen atoms in total. The average molecular weight is 294 g/mol. The number of hydrogen-bond donors (Lipinski definition) is 2. The van der Waals surface area contributed by atoms with Gasteiger partial charge >= 0.3 is 0 Å². The quantitative estimate of drug-likeness (QED) is 0.759. The maximum Gasteiger partial charge on any atom is 0.240 e. The average Bonchev–Trinajstić information content (AvgIpc) is 2.96. The molecule has 0 bridgehead atoms. The Kier molecular flexibility index (Phi) is 4.21. The molecule has 3 aromatic rings. The highest BCUT2D eigenvalue weighted by molar-refractivity contribution is 5.83. The zero-order chi connectivity index (χ0) is 15.4. The van der Waals surface area contributed by atoms with E-state index in [0.717, 1.165) is 22.0 Å². The summed E-state index contributed by atoms with van der Waals surface area (Å²) in [6, 6.07) is 17.5. The van der Waals surface area contributed by atoms with Gasteiger partial charge in [0.15, 0.2) is 0 Å². The maximum atomic E-state index is 12.1. The molecule has 4 heteroatoms. The molecule has 112 valence electrons. The van der Waals surface area contributed by atoms with Gasteiger partial charge in [-0.25, -0.2) is 0 Å². The van der Waals surface area contributed by atoms with E-state index in [1.165, 1.54) is 0 Å². The molecule has 0 atom stereocenters. The Morgan fingerprint density at radius 2 is 1.73 bits per heavy atom. The summed E-state index contributed by atoms with van der Waals surface area (Å²) >= 11 is 0. The topological polar surface area (TPSA) is 54.3 Å². The molecule has 0 saturated carbocycles. The van der Waals surface area contributed by atoms with E-state index in [1.54, 1.807) is 0 Å². The van der Waals surface area contributed by atoms with Crippen molar-refractivity contribution in [1.29, 1.82) is 0 Å². The van der Waals surface area contributed by atoms with E-state index in [-0.39, 0.29) is 19.1 Å². The van der Waals surface area contributed by atoms with Gasteiger partial charge in [0.25, 0.3) is 0 Å². The lowest BCUT2D eigenvalue weighted by Gasteiger charge is -2.10. The van der Waals surface area contributed by atoms with Crippen molar-refractivity contribution in [2.24, 2.45) is 0 Å². The van der Waals surface area contributed by atoms with Gasteiger partial charge in [-0.3, -0.25) is 4.79 Å². The van der Waals surface area contributed by atoms with Crippen LogP contribution in [0.15, 0.2) is 60.8 Å². The number of carbonyl (C=O) groups excluding carboxylic acids is 1. The highest BCUT2D eigenvalue weighted by Gasteiger charge is 2.07. The van der Waals surface area contributed by atoms with Gasteiger partial charge in [0.1, 0.15) is 6.54 Å². The standard InChI is InChI=1S/C18H18N2O2/c21-13-16-7-2-1-6-15(16)11-19-18(22)12-20-10-9-14-5-3-4-8-17(14)20/h1-10,21H,11-13H2,(H,19,22). The van der Waals surface area contributed by atoms with E-state index in [4.69, 9.17) is 0 Å². The van der Waals surface area contributed by atoms with Gasteiger partial charge in [0.05, 0.1) is 6.61 Å². The molecule has 22 heavy (non-hydrogen) atoms. The summed E-state index contributed by atoms with van der Waals surface area (Å²) in [5.41, 5.74) is 2.83. The third kappa shape index (κ3) is 3.02. The number of rotatable bonds is 5. The fourth-order valence-electron chi connectivity index (χ4n) is 2.57. The lowest BCUT2D eigenvalue weighted by atomic mass is 10.1. The molecule has 1 aromatic heterocycles. The van der Waals surface area contributed by atoms with Crippen molar-refractivity contribution in [2.75, 3.05) is 0 Å². The molecule has 2 aromatic carbocycles. The maximum absolute atomic E-state index is 12.1. The van der Waals surface area contributed by atoms with Crippen molar-refractivity contribution < 1.29 is 9.90 Å². The normalized spacial score (nSPS) is 10.8. The fraction of sp³-hybridized carbons (Fsp3) is 0.167. The lowest BCUT2D eigenvalue weighted by Crippen LogP contribution is -2.27. The smallest absolute Gasteiger partial charge is 0.240 e. The number of para-hydroxylation sites is 1. The van der Waals surface area contributed by atoms with Crippen molar-refractivity contribution in [3.8, 4) is 0 Å². The zero-order valence-electron chi connectivity index (χ0n) is 12.2. The van der Waals surface area contributed by atoms with Crippen LogP contribution >= 0.6 is 0 Å². The van der Waals surface area contributed by atoms with Crippen LogP contribution in [0.5, 0.6) is 0 Å². The monoisotopic (exact) mass is 294 g/mol. The van der Waals surface area contributed by atoms with Crippen LogP contribution in [0.1, 0.15) is 11.1 Å². The van der Waals surface area contributed by atoms with Crippen LogP contribution in [0, 0.1) is 0 Å². The first-order valence-electron chi connectivity index (χ1n) is 7.26. The summed E-state index contributed by atoms with van der Waals surface area (Å²) in [6.45, 7) is 0.692. The molecule has 0 radical (unpaired) electrons. The number of fused-ring (bicyclic) bond motifs is 1. The molecule has 0 unspecified atom stereocenters. The van der Waals surface area contributed by atoms with Gasteiger partial charge in [-0.2, -0.15) is 0 Å². The highest BCUT2D eigenvalue weighted by Crippen LogP contribution is 2.14. The highest BCUT2D eigenvalue weighted by atomic mass is 16.3. The van der Waals surface area contributed by atoms with Crippen LogP contribution in [0.25, 0.3) is 10.9 Å². The molecule has 1 heterocycles. The third-order valence-electron chi connectivity index (χ3n) is 3.76. The Morgan fingerprint density at radius 1 is 1.00 bits per heavy atom. The van der Waals surface area contributed by atoms with Gasteiger partial charge in [-0.1, -0.05) is 42.5 Å². The summed E-state index contributed by atoms with van der Waals surface area (Å²) in [5, 5.41) is 13.3. The van der Waals surface area contributed by atoms with E-state index in [0.29, 0.717) is 6.54 Å². The van der Waals surface area contributed by atoms with Gasteiger partial charge in [-0.05, 0) is 28.6 Å². The van der Waals surface area contributed by atoms with Gasteiger partial charge in [0.2, 0.25) is 5.91 Å². The number of nitrogens with one attached hydrogen (secondary N) is 1. The lowest BCUT2D eigenvalue weighted by molar-refractivity contribution is -0.121. The van der Waals surface area contributed by atoms with E-state index in [1.807, 2.05) is 65.4 Å². The largest absolute Gasteiger partial charge is 0.392 e. The second kappa shape index (κ2) is 6.45. The molecule has 3 rings (SSSR count). The van der Waals surface area contributed by atoms with Crippen LogP contribution in [0.4, 0.5) is 0 Å². The minimum Gasteiger partial charge on any atom is -0.392 e. The number of aliphatic hydroxyl groups excluding tert-OH is 1. The second-order valence-electron chi connectivity index (χ2n) is 5.21. The summed E-state index contributed by atoms with van der Waals surface area (Å²) in [4.78, 5) is 12.1. The predicted molar refractivity (Wildman–Crippen MR) is 86.1 cm³/mol. The first-order chi connectivity index (χ1) is 10.8. The first kappa shape index (κ1) is 14.4. The number of amides is 1. The van der Waals surface area contributed by atoms with Crippen molar-refractivity contribution in [2.45, 2.75) is 19.7 Å². The van der Waals surface area contributed by atoms with Crippen LogP contribution in [0.2, 0.25) is 0 Å². The Bertz CT molecular complexity index is 792. The van der Waals surface area contributed by atoms with Crippen LogP contribution in [0.3, 0.4) is 0 Å². The molecule has 0 aliphatic rings. The summed E-state index contributed by atoms with van der Waals surface area (Å²) < 4.78 is 1.93. The number of benzene rings is 2. The Balaban J connectivity index is 1.65. The van der Waals surface area contributed by atoms with E-state index >= 15 is 0 Å². The fourth-order valence-corrected chi connectivity index (χ4v) is 2.57. The Labute approximate surface area is 129 Å². The van der Waals surface area contributed by atoms with Crippen molar-refractivity contribution >= 4 is 16.8 Å². The minimum atomic E-state index is -0.0471. The number of hydrogen-bond acceptors (Lipinski definition) is 2. The molecule has 0 saturated heterocycles. The van der Waals surface area contributed by atoms with Crippen molar-refractivity contribution in [3.05, 3.63) is 71.9 Å². The Morgan fingerprint density at radius 3 is 2.55 bits per heavy atom. The number of aliphatic hydroxyl groups is 1. The SMILES string of the molecule is O=C(Cn1ccc2ccccc21)NCc1ccccc1CO. The summed E-state index contributed by atoms with van der Waals surface area (Å²) in [5.74, 6) is -0.0471. The van der Waals surface area contributed by atoms with Gasteiger partial charge < -0.3 is 15.0 Å². The first-order valence-corrected chi connectivity index (χ1v) is 7.26. The molecule has 2 N–H and O–H groups in total. The summed E-state index contributed by atoms with van der Waals surface area (Å²) in [7, 11) is 0. The Hall–Kier alpha value is -2.59. The number of carbonyl (C=O) groups is 1. The predicted octanol–water partition coefficient (Wildman–Crippen LogP) is 2.45. The number of nitrogens with zero attached hydrogens (tertiary/aromatic N) is 1. The second-order valence-corrected chi connectivity index (χ2v) is 5.21. The molecular formula is C18H18N2O2. The zero-order valence-corrected chi connectivity index (χ0v) is 12.2. The molecular weight excluding hydrogens is 276 g/mol. The number of aromatic nitrogens is 1. The van der Waals surface area contributed by atoms with E-state index in [9.17, 15) is 9.90 Å². The van der Waals surface area contributed by atoms with Crippen molar-refractivity contribution in [1.82, 2.24) is 9.88 Å². The van der Waals surface area contributed by atoms with Crippen molar-refractivity contribution in [3.63, 3.8) is 0 Å². The molecule has 0 fully saturated rings. The van der Waals surface area contributed by atoms with Crippen LogP contribution in [-0.4, -0.2) is 15.6 Å². The molecule has 0 spiro atoms. The van der Waals surface area contributed by atoms with Crippen LogP contribution in [-0.2, 0) is 24.5 Å². The minimum absolute atomic E-state index is 0.0196. The third-order valence-corrected chi connectivity index (χ3v) is 3.76. The molecule has 0 aliphatic carbocycles. The van der Waals surface area contributed by atoms with Gasteiger partial charge in [-0.15, -0.1) is 0 Å². The van der Waals surface area contributed by atoms with Crippen LogP contribution < -0.4 is 5.32 Å². The van der Waals surface area contributed by atoms with E-state index in [2.05, 4.69) is 5.32 Å². The molecule has 1 amide bonds. The molecule has 0 aliphatic heterocycles. The van der Waals surface area contributed by atoms with E-state index < -0.39 is 0 Å².